The molecule has 2 amide bonds. The molecule has 0 aromatic carbocycles. The molecule has 1 unspecified atom stereocenters. The Balaban J connectivity index is 1.91. The minimum atomic E-state index is -1.03. The fourth-order valence-corrected chi connectivity index (χ4v) is 2.31. The number of aliphatic carboxylic acids is 1. The van der Waals surface area contributed by atoms with Gasteiger partial charge in [-0.3, -0.25) is 0 Å². The van der Waals surface area contributed by atoms with Gasteiger partial charge in [0.2, 0.25) is 0 Å². The molecule has 0 radical (unpaired) electrons. The number of amides is 2. The van der Waals surface area contributed by atoms with Gasteiger partial charge in [-0.1, -0.05) is 0 Å². The first-order chi connectivity index (χ1) is 8.07. The number of nitrogens with zero attached hydrogens (tertiary/aromatic N) is 1. The van der Waals surface area contributed by atoms with Crippen LogP contribution in [0, 0.1) is 0 Å². The molecule has 17 heavy (non-hydrogen) atoms. The predicted molar refractivity (Wildman–Crippen MR) is 59.7 cm³/mol. The van der Waals surface area contributed by atoms with Crippen molar-refractivity contribution in [2.75, 3.05) is 20.2 Å². The van der Waals surface area contributed by atoms with E-state index in [9.17, 15) is 9.59 Å². The number of nitrogens with one attached hydrogen (secondary N) is 1. The first-order valence-electron chi connectivity index (χ1n) is 5.91. The van der Waals surface area contributed by atoms with Gasteiger partial charge in [-0.05, 0) is 25.7 Å². The molecule has 1 aliphatic heterocycles. The van der Waals surface area contributed by atoms with Crippen molar-refractivity contribution in [2.24, 2.45) is 0 Å². The minimum Gasteiger partial charge on any atom is -0.480 e. The summed E-state index contributed by atoms with van der Waals surface area (Å²) in [7, 11) is 1.62. The molecule has 1 saturated heterocycles. The van der Waals surface area contributed by atoms with E-state index in [4.69, 9.17) is 9.84 Å². The topological polar surface area (TPSA) is 78.9 Å². The second-order valence-corrected chi connectivity index (χ2v) is 4.76. The van der Waals surface area contributed by atoms with Crippen molar-refractivity contribution in [1.29, 1.82) is 0 Å². The number of carboxylic acid groups (broad SMARTS) is 1. The van der Waals surface area contributed by atoms with E-state index in [2.05, 4.69) is 5.32 Å². The van der Waals surface area contributed by atoms with E-state index in [-0.39, 0.29) is 12.1 Å². The van der Waals surface area contributed by atoms with E-state index in [0.29, 0.717) is 25.9 Å². The van der Waals surface area contributed by atoms with Gasteiger partial charge < -0.3 is 20.1 Å². The number of methoxy groups -OCH3 is 1. The molecule has 2 aliphatic rings. The Morgan fingerprint density at radius 1 is 1.47 bits per heavy atom. The molecule has 1 atom stereocenters. The number of urea groups is 1. The van der Waals surface area contributed by atoms with Crippen LogP contribution in [0.4, 0.5) is 4.79 Å². The van der Waals surface area contributed by atoms with Crippen LogP contribution >= 0.6 is 0 Å². The highest BCUT2D eigenvalue weighted by Crippen LogP contribution is 2.32. The monoisotopic (exact) mass is 242 g/mol. The summed E-state index contributed by atoms with van der Waals surface area (Å²) in [6.45, 7) is 1.16. The van der Waals surface area contributed by atoms with Gasteiger partial charge >= 0.3 is 12.0 Å². The van der Waals surface area contributed by atoms with Gasteiger partial charge in [0, 0.05) is 20.2 Å². The van der Waals surface area contributed by atoms with Crippen LogP contribution in [0.25, 0.3) is 0 Å². The van der Waals surface area contributed by atoms with Crippen molar-refractivity contribution in [3.63, 3.8) is 0 Å². The van der Waals surface area contributed by atoms with Gasteiger partial charge in [0.1, 0.15) is 5.54 Å². The number of carbonyl (C=O) groups is 2. The van der Waals surface area contributed by atoms with Crippen LogP contribution in [0.3, 0.4) is 0 Å². The van der Waals surface area contributed by atoms with Crippen LogP contribution in [0.2, 0.25) is 0 Å². The fraction of sp³-hybridized carbons (Fsp3) is 0.818. The highest BCUT2D eigenvalue weighted by Gasteiger charge is 2.46. The molecule has 0 aromatic heterocycles. The zero-order chi connectivity index (χ0) is 12.5. The molecule has 1 heterocycles. The van der Waals surface area contributed by atoms with Gasteiger partial charge in [-0.2, -0.15) is 0 Å². The average molecular weight is 242 g/mol. The first-order valence-corrected chi connectivity index (χ1v) is 5.91. The lowest BCUT2D eigenvalue weighted by Gasteiger charge is -2.39. The molecular weight excluding hydrogens is 224 g/mol. The summed E-state index contributed by atoms with van der Waals surface area (Å²) in [6, 6.07) is -0.286. The SMILES string of the molecule is COC1CCN(C(=O)NC2(C(=O)O)CCC2)C1. The van der Waals surface area contributed by atoms with E-state index in [0.717, 1.165) is 12.8 Å². The number of hydrogen-bond donors (Lipinski definition) is 2. The third-order valence-electron chi connectivity index (χ3n) is 3.73. The summed E-state index contributed by atoms with van der Waals surface area (Å²) in [6.07, 6.45) is 2.78. The zero-order valence-electron chi connectivity index (χ0n) is 9.94. The van der Waals surface area contributed by atoms with Gasteiger partial charge in [0.05, 0.1) is 6.10 Å². The lowest BCUT2D eigenvalue weighted by Crippen LogP contribution is -2.61. The molecule has 1 aliphatic carbocycles. The van der Waals surface area contributed by atoms with Crippen LogP contribution in [0.1, 0.15) is 25.7 Å². The Labute approximate surface area is 99.9 Å². The molecule has 0 aromatic rings. The Kier molecular flexibility index (Phi) is 3.24. The number of carboxylic acids is 1. The van der Waals surface area contributed by atoms with Crippen molar-refractivity contribution in [2.45, 2.75) is 37.3 Å². The summed E-state index contributed by atoms with van der Waals surface area (Å²) in [5.41, 5.74) is -1.03. The summed E-state index contributed by atoms with van der Waals surface area (Å²) >= 11 is 0. The van der Waals surface area contributed by atoms with Crippen LogP contribution in [0.5, 0.6) is 0 Å². The molecule has 6 heteroatoms. The fourth-order valence-electron chi connectivity index (χ4n) is 2.31. The highest BCUT2D eigenvalue weighted by molar-refractivity contribution is 5.87. The Bertz CT molecular complexity index is 327. The van der Waals surface area contributed by atoms with Crippen LogP contribution in [0.15, 0.2) is 0 Å². The third-order valence-corrected chi connectivity index (χ3v) is 3.73. The van der Waals surface area contributed by atoms with Crippen molar-refractivity contribution in [3.05, 3.63) is 0 Å². The Morgan fingerprint density at radius 2 is 2.18 bits per heavy atom. The maximum absolute atomic E-state index is 11.9. The van der Waals surface area contributed by atoms with E-state index in [1.165, 1.54) is 0 Å². The molecule has 2 fully saturated rings. The van der Waals surface area contributed by atoms with E-state index in [1.54, 1.807) is 12.0 Å². The normalized spacial score (nSPS) is 26.4. The van der Waals surface area contributed by atoms with Gasteiger partial charge in [-0.15, -0.1) is 0 Å². The summed E-state index contributed by atoms with van der Waals surface area (Å²) in [5, 5.41) is 11.8. The molecular formula is C11H18N2O4. The summed E-state index contributed by atoms with van der Waals surface area (Å²) in [5.74, 6) is -0.931. The lowest BCUT2D eigenvalue weighted by atomic mass is 9.77. The zero-order valence-corrected chi connectivity index (χ0v) is 9.94. The minimum absolute atomic E-state index is 0.0721. The highest BCUT2D eigenvalue weighted by atomic mass is 16.5. The summed E-state index contributed by atoms with van der Waals surface area (Å²) < 4.78 is 5.17. The number of rotatable bonds is 3. The smallest absolute Gasteiger partial charge is 0.329 e. The van der Waals surface area contributed by atoms with Crippen molar-refractivity contribution >= 4 is 12.0 Å². The summed E-state index contributed by atoms with van der Waals surface area (Å²) in [4.78, 5) is 24.7. The molecule has 6 nitrogen and oxygen atoms in total. The number of carbonyl (C=O) groups excluding carboxylic acids is 1. The standard InChI is InChI=1S/C11H18N2O4/c1-17-8-3-6-13(7-8)10(16)12-11(9(14)15)4-2-5-11/h8H,2-7H2,1H3,(H,12,16)(H,14,15). The maximum atomic E-state index is 11.9. The molecule has 96 valence electrons. The average Bonchev–Trinajstić information content (AvgIpc) is 2.71. The van der Waals surface area contributed by atoms with Crippen LogP contribution in [-0.2, 0) is 9.53 Å². The number of likely N-dealkylation sites (tertiary alicyclic amines) is 1. The van der Waals surface area contributed by atoms with E-state index in [1.807, 2.05) is 0 Å². The van der Waals surface area contributed by atoms with Gasteiger partial charge in [0.25, 0.3) is 0 Å². The molecule has 2 N–H and O–H groups in total. The number of ether oxygens (including phenoxy) is 1. The third kappa shape index (κ3) is 2.22. The number of hydrogen-bond acceptors (Lipinski definition) is 3. The largest absolute Gasteiger partial charge is 0.480 e. The van der Waals surface area contributed by atoms with E-state index >= 15 is 0 Å². The molecule has 0 spiro atoms. The first kappa shape index (κ1) is 12.2. The lowest BCUT2D eigenvalue weighted by molar-refractivity contribution is -0.148. The molecule has 0 bridgehead atoms. The van der Waals surface area contributed by atoms with Crippen molar-refractivity contribution < 1.29 is 19.4 Å². The molecule has 2 rings (SSSR count). The second kappa shape index (κ2) is 4.52. The Morgan fingerprint density at radius 3 is 2.59 bits per heavy atom. The Hall–Kier alpha value is -1.30. The predicted octanol–water partition coefficient (Wildman–Crippen LogP) is 0.424. The van der Waals surface area contributed by atoms with Crippen molar-refractivity contribution in [3.8, 4) is 0 Å². The van der Waals surface area contributed by atoms with Crippen LogP contribution in [-0.4, -0.2) is 53.8 Å². The van der Waals surface area contributed by atoms with Crippen molar-refractivity contribution in [1.82, 2.24) is 10.2 Å². The van der Waals surface area contributed by atoms with Gasteiger partial charge in [-0.25, -0.2) is 9.59 Å². The molecule has 1 saturated carbocycles. The quantitative estimate of drug-likeness (QED) is 0.752. The second-order valence-electron chi connectivity index (χ2n) is 4.76. The van der Waals surface area contributed by atoms with Gasteiger partial charge in [0.15, 0.2) is 0 Å². The maximum Gasteiger partial charge on any atom is 0.329 e. The van der Waals surface area contributed by atoms with E-state index < -0.39 is 11.5 Å². The van der Waals surface area contributed by atoms with Crippen LogP contribution < -0.4 is 5.32 Å².